The maximum Gasteiger partial charge on any atom is 0.194 e. The first-order valence-corrected chi connectivity index (χ1v) is 5.44. The number of aryl methyl sites for hydroxylation is 3. The number of nitrogens with two attached hydrogens (primary N) is 1. The molecule has 0 spiro atoms. The van der Waals surface area contributed by atoms with Crippen molar-refractivity contribution in [1.82, 2.24) is 4.98 Å². The van der Waals surface area contributed by atoms with Crippen LogP contribution in [0.15, 0.2) is 22.6 Å². The average molecular weight is 216 g/mol. The van der Waals surface area contributed by atoms with Crippen LogP contribution in [0.3, 0.4) is 0 Å². The number of nitrogens with zero attached hydrogens (tertiary/aromatic N) is 1. The fraction of sp³-hybridized carbons (Fsp3) is 0.308. The summed E-state index contributed by atoms with van der Waals surface area (Å²) in [4.78, 5) is 4.45. The van der Waals surface area contributed by atoms with Gasteiger partial charge in [0.15, 0.2) is 5.89 Å². The number of benzene rings is 1. The van der Waals surface area contributed by atoms with Gasteiger partial charge in [-0.2, -0.15) is 0 Å². The molecule has 2 rings (SSSR count). The number of aromatic nitrogens is 1. The molecular formula is C13H16N2O. The molecule has 16 heavy (non-hydrogen) atoms. The van der Waals surface area contributed by atoms with E-state index in [-0.39, 0.29) is 0 Å². The summed E-state index contributed by atoms with van der Waals surface area (Å²) in [5.41, 5.74) is 9.67. The summed E-state index contributed by atoms with van der Waals surface area (Å²) >= 11 is 0. The largest absolute Gasteiger partial charge is 0.445 e. The Morgan fingerprint density at radius 1 is 1.31 bits per heavy atom. The lowest BCUT2D eigenvalue weighted by Crippen LogP contribution is -1.90. The fourth-order valence-corrected chi connectivity index (χ4v) is 1.66. The SMILES string of the molecule is CCc1nc(-c2ccc(C)c(N)c2)c(C)o1. The van der Waals surface area contributed by atoms with Crippen LogP contribution in [0.1, 0.15) is 24.1 Å². The van der Waals surface area contributed by atoms with E-state index in [4.69, 9.17) is 10.2 Å². The van der Waals surface area contributed by atoms with E-state index in [1.165, 1.54) is 0 Å². The quantitative estimate of drug-likeness (QED) is 0.785. The van der Waals surface area contributed by atoms with Gasteiger partial charge in [0.05, 0.1) is 0 Å². The first-order valence-electron chi connectivity index (χ1n) is 5.44. The van der Waals surface area contributed by atoms with Crippen molar-refractivity contribution < 1.29 is 4.42 Å². The summed E-state index contributed by atoms with van der Waals surface area (Å²) in [7, 11) is 0. The van der Waals surface area contributed by atoms with E-state index in [0.717, 1.165) is 40.6 Å². The lowest BCUT2D eigenvalue weighted by Gasteiger charge is -2.02. The summed E-state index contributed by atoms with van der Waals surface area (Å²) in [6.45, 7) is 5.95. The van der Waals surface area contributed by atoms with Crippen molar-refractivity contribution in [3.8, 4) is 11.3 Å². The molecule has 0 radical (unpaired) electrons. The molecule has 1 aromatic heterocycles. The molecule has 0 atom stereocenters. The molecule has 0 saturated heterocycles. The van der Waals surface area contributed by atoms with Gasteiger partial charge in [-0.15, -0.1) is 0 Å². The molecule has 1 aromatic carbocycles. The number of nitrogen functional groups attached to an aromatic ring is 1. The van der Waals surface area contributed by atoms with Crippen molar-refractivity contribution >= 4 is 5.69 Å². The number of oxazole rings is 1. The minimum atomic E-state index is 0.770. The number of hydrogen-bond donors (Lipinski definition) is 1. The fourth-order valence-electron chi connectivity index (χ4n) is 1.66. The Kier molecular flexibility index (Phi) is 2.69. The van der Waals surface area contributed by atoms with E-state index in [1.54, 1.807) is 0 Å². The Labute approximate surface area is 95.3 Å². The second-order valence-corrected chi connectivity index (χ2v) is 3.94. The first-order chi connectivity index (χ1) is 7.61. The number of rotatable bonds is 2. The van der Waals surface area contributed by atoms with E-state index < -0.39 is 0 Å². The maximum absolute atomic E-state index is 5.89. The van der Waals surface area contributed by atoms with Crippen LogP contribution in [0.2, 0.25) is 0 Å². The van der Waals surface area contributed by atoms with Crippen LogP contribution in [0.4, 0.5) is 5.69 Å². The zero-order valence-electron chi connectivity index (χ0n) is 9.87. The molecule has 0 aliphatic heterocycles. The second-order valence-electron chi connectivity index (χ2n) is 3.94. The van der Waals surface area contributed by atoms with Crippen LogP contribution in [0, 0.1) is 13.8 Å². The Hall–Kier alpha value is -1.77. The van der Waals surface area contributed by atoms with Gasteiger partial charge in [0.2, 0.25) is 0 Å². The predicted molar refractivity (Wildman–Crippen MR) is 65.2 cm³/mol. The molecule has 0 aliphatic rings. The molecule has 3 heteroatoms. The highest BCUT2D eigenvalue weighted by molar-refractivity contribution is 5.67. The molecule has 84 valence electrons. The molecule has 3 nitrogen and oxygen atoms in total. The highest BCUT2D eigenvalue weighted by Gasteiger charge is 2.10. The monoisotopic (exact) mass is 216 g/mol. The van der Waals surface area contributed by atoms with Gasteiger partial charge < -0.3 is 10.2 Å². The predicted octanol–water partition coefficient (Wildman–Crippen LogP) is 3.10. The van der Waals surface area contributed by atoms with Gasteiger partial charge in [0.1, 0.15) is 11.5 Å². The molecule has 0 aliphatic carbocycles. The molecule has 0 unspecified atom stereocenters. The Morgan fingerprint density at radius 2 is 2.06 bits per heavy atom. The molecule has 2 aromatic rings. The summed E-state index contributed by atoms with van der Waals surface area (Å²) in [5.74, 6) is 1.62. The van der Waals surface area contributed by atoms with Gasteiger partial charge in [-0.05, 0) is 25.5 Å². The van der Waals surface area contributed by atoms with Crippen molar-refractivity contribution in [1.29, 1.82) is 0 Å². The third-order valence-corrected chi connectivity index (χ3v) is 2.70. The van der Waals surface area contributed by atoms with Crippen molar-refractivity contribution in [2.24, 2.45) is 0 Å². The van der Waals surface area contributed by atoms with Gasteiger partial charge in [0.25, 0.3) is 0 Å². The molecule has 0 bridgehead atoms. The normalized spacial score (nSPS) is 10.7. The highest BCUT2D eigenvalue weighted by atomic mass is 16.4. The van der Waals surface area contributed by atoms with E-state index in [0.29, 0.717) is 0 Å². The Morgan fingerprint density at radius 3 is 2.62 bits per heavy atom. The first kappa shape index (κ1) is 10.7. The lowest BCUT2D eigenvalue weighted by atomic mass is 10.1. The van der Waals surface area contributed by atoms with Gasteiger partial charge in [-0.1, -0.05) is 19.1 Å². The highest BCUT2D eigenvalue weighted by Crippen LogP contribution is 2.26. The minimum absolute atomic E-state index is 0.770. The average Bonchev–Trinajstić information content (AvgIpc) is 2.64. The van der Waals surface area contributed by atoms with Crippen LogP contribution < -0.4 is 5.73 Å². The van der Waals surface area contributed by atoms with Crippen molar-refractivity contribution in [2.75, 3.05) is 5.73 Å². The van der Waals surface area contributed by atoms with Crippen molar-refractivity contribution in [3.63, 3.8) is 0 Å². The van der Waals surface area contributed by atoms with Crippen LogP contribution >= 0.6 is 0 Å². The van der Waals surface area contributed by atoms with Crippen LogP contribution in [0.5, 0.6) is 0 Å². The summed E-state index contributed by atoms with van der Waals surface area (Å²) < 4.78 is 5.54. The van der Waals surface area contributed by atoms with Gasteiger partial charge in [0, 0.05) is 17.7 Å². The van der Waals surface area contributed by atoms with E-state index >= 15 is 0 Å². The maximum atomic E-state index is 5.89. The number of anilines is 1. The molecule has 0 amide bonds. The van der Waals surface area contributed by atoms with E-state index in [1.807, 2.05) is 39.0 Å². The zero-order chi connectivity index (χ0) is 11.7. The Bertz CT molecular complexity index is 515. The van der Waals surface area contributed by atoms with Gasteiger partial charge in [-0.3, -0.25) is 0 Å². The van der Waals surface area contributed by atoms with Gasteiger partial charge in [-0.25, -0.2) is 4.98 Å². The topological polar surface area (TPSA) is 52.0 Å². The van der Waals surface area contributed by atoms with Crippen LogP contribution in [-0.2, 0) is 6.42 Å². The third-order valence-electron chi connectivity index (χ3n) is 2.70. The standard InChI is InChI=1S/C13H16N2O/c1-4-12-15-13(9(3)16-12)10-6-5-8(2)11(14)7-10/h5-7H,4,14H2,1-3H3. The lowest BCUT2D eigenvalue weighted by molar-refractivity contribution is 0.477. The van der Waals surface area contributed by atoms with E-state index in [9.17, 15) is 0 Å². The number of hydrogen-bond acceptors (Lipinski definition) is 3. The zero-order valence-corrected chi connectivity index (χ0v) is 9.87. The van der Waals surface area contributed by atoms with Crippen LogP contribution in [-0.4, -0.2) is 4.98 Å². The Balaban J connectivity index is 2.49. The van der Waals surface area contributed by atoms with Crippen LogP contribution in [0.25, 0.3) is 11.3 Å². The second kappa shape index (κ2) is 4.00. The van der Waals surface area contributed by atoms with Gasteiger partial charge >= 0.3 is 0 Å². The third kappa shape index (κ3) is 1.81. The molecule has 2 N–H and O–H groups in total. The van der Waals surface area contributed by atoms with Crippen molar-refractivity contribution in [2.45, 2.75) is 27.2 Å². The summed E-state index contributed by atoms with van der Waals surface area (Å²) in [5, 5.41) is 0. The molecule has 0 saturated carbocycles. The minimum Gasteiger partial charge on any atom is -0.445 e. The van der Waals surface area contributed by atoms with E-state index in [2.05, 4.69) is 4.98 Å². The molecule has 0 fully saturated rings. The van der Waals surface area contributed by atoms with Crippen molar-refractivity contribution in [3.05, 3.63) is 35.4 Å². The summed E-state index contributed by atoms with van der Waals surface area (Å²) in [6.07, 6.45) is 0.808. The summed E-state index contributed by atoms with van der Waals surface area (Å²) in [6, 6.07) is 5.97. The smallest absolute Gasteiger partial charge is 0.194 e. The molecular weight excluding hydrogens is 200 g/mol. The molecule has 1 heterocycles.